The summed E-state index contributed by atoms with van der Waals surface area (Å²) in [6.45, 7) is 3.53. The average molecular weight is 364 g/mol. The van der Waals surface area contributed by atoms with E-state index in [9.17, 15) is 4.79 Å². The van der Waals surface area contributed by atoms with Crippen LogP contribution in [0.15, 0.2) is 41.5 Å². The van der Waals surface area contributed by atoms with Gasteiger partial charge in [0.2, 0.25) is 0 Å². The normalized spacial score (nSPS) is 20.5. The SMILES string of the molecule is O=c1c2ccccc2nc(C2CCCN2CCn2ccnn2)n1CC1CC1. The molecule has 1 aliphatic heterocycles. The van der Waals surface area contributed by atoms with Gasteiger partial charge in [-0.3, -0.25) is 18.9 Å². The maximum absolute atomic E-state index is 13.2. The predicted molar refractivity (Wildman–Crippen MR) is 102 cm³/mol. The summed E-state index contributed by atoms with van der Waals surface area (Å²) in [5.74, 6) is 1.58. The number of aromatic nitrogens is 5. The van der Waals surface area contributed by atoms with E-state index in [2.05, 4.69) is 15.2 Å². The zero-order valence-corrected chi connectivity index (χ0v) is 15.4. The molecule has 0 spiro atoms. The zero-order valence-electron chi connectivity index (χ0n) is 15.4. The average Bonchev–Trinajstić information content (AvgIpc) is 3.16. The first-order valence-corrected chi connectivity index (χ1v) is 9.87. The van der Waals surface area contributed by atoms with E-state index in [-0.39, 0.29) is 11.6 Å². The minimum atomic E-state index is 0.116. The van der Waals surface area contributed by atoms with Gasteiger partial charge in [0.1, 0.15) is 5.82 Å². The Hall–Kier alpha value is -2.54. The summed E-state index contributed by atoms with van der Waals surface area (Å²) in [5, 5.41) is 8.68. The first-order valence-electron chi connectivity index (χ1n) is 9.87. The van der Waals surface area contributed by atoms with Gasteiger partial charge in [-0.25, -0.2) is 4.98 Å². The topological polar surface area (TPSA) is 68.8 Å². The maximum Gasteiger partial charge on any atom is 0.261 e. The molecule has 1 saturated heterocycles. The molecular formula is C20H24N6O. The van der Waals surface area contributed by atoms with Crippen LogP contribution in [-0.4, -0.2) is 42.5 Å². The third kappa shape index (κ3) is 3.27. The molecule has 1 atom stereocenters. The first-order chi connectivity index (χ1) is 13.3. The van der Waals surface area contributed by atoms with Crippen LogP contribution in [0.5, 0.6) is 0 Å². The van der Waals surface area contributed by atoms with E-state index >= 15 is 0 Å². The Labute approximate surface area is 157 Å². The van der Waals surface area contributed by atoms with Crippen molar-refractivity contribution < 1.29 is 0 Å². The van der Waals surface area contributed by atoms with Gasteiger partial charge in [-0.15, -0.1) is 5.10 Å². The molecule has 7 nitrogen and oxygen atoms in total. The van der Waals surface area contributed by atoms with Crippen LogP contribution in [-0.2, 0) is 13.1 Å². The highest BCUT2D eigenvalue weighted by Crippen LogP contribution is 2.34. The fourth-order valence-corrected chi connectivity index (χ4v) is 4.14. The highest BCUT2D eigenvalue weighted by Gasteiger charge is 2.32. The Kier molecular flexibility index (Phi) is 4.24. The van der Waals surface area contributed by atoms with Gasteiger partial charge in [0.15, 0.2) is 0 Å². The van der Waals surface area contributed by atoms with Gasteiger partial charge in [-0.1, -0.05) is 17.3 Å². The van der Waals surface area contributed by atoms with Crippen molar-refractivity contribution in [2.75, 3.05) is 13.1 Å². The lowest BCUT2D eigenvalue weighted by Gasteiger charge is -2.26. The van der Waals surface area contributed by atoms with Crippen LogP contribution in [0.4, 0.5) is 0 Å². The highest BCUT2D eigenvalue weighted by atomic mass is 16.1. The molecule has 2 aromatic heterocycles. The smallest absolute Gasteiger partial charge is 0.261 e. The summed E-state index contributed by atoms with van der Waals surface area (Å²) in [7, 11) is 0. The summed E-state index contributed by atoms with van der Waals surface area (Å²) < 4.78 is 3.83. The molecule has 27 heavy (non-hydrogen) atoms. The number of fused-ring (bicyclic) bond motifs is 1. The quantitative estimate of drug-likeness (QED) is 0.671. The minimum Gasteiger partial charge on any atom is -0.295 e. The standard InChI is InChI=1S/C20H24N6O/c27-20-16-4-1-2-5-17(16)22-19(26(20)14-15-7-8-15)18-6-3-10-24(18)12-13-25-11-9-21-23-25/h1-2,4-5,9,11,15,18H,3,6-8,10,12-14H2. The van der Waals surface area contributed by atoms with Crippen molar-refractivity contribution in [1.29, 1.82) is 0 Å². The van der Waals surface area contributed by atoms with Crippen LogP contribution >= 0.6 is 0 Å². The predicted octanol–water partition coefficient (Wildman–Crippen LogP) is 2.24. The molecule has 0 radical (unpaired) electrons. The number of nitrogens with zero attached hydrogens (tertiary/aromatic N) is 6. The second-order valence-electron chi connectivity index (χ2n) is 7.71. The van der Waals surface area contributed by atoms with Gasteiger partial charge in [-0.2, -0.15) is 0 Å². The lowest BCUT2D eigenvalue weighted by molar-refractivity contribution is 0.227. The molecule has 3 heterocycles. The Morgan fingerprint density at radius 2 is 2.00 bits per heavy atom. The van der Waals surface area contributed by atoms with Crippen LogP contribution in [0.1, 0.15) is 37.5 Å². The molecule has 1 unspecified atom stereocenters. The van der Waals surface area contributed by atoms with Crippen LogP contribution in [0, 0.1) is 5.92 Å². The molecule has 5 rings (SSSR count). The summed E-state index contributed by atoms with van der Waals surface area (Å²) in [6.07, 6.45) is 8.22. The van der Waals surface area contributed by atoms with Crippen molar-refractivity contribution in [3.63, 3.8) is 0 Å². The first kappa shape index (κ1) is 16.6. The van der Waals surface area contributed by atoms with Crippen molar-refractivity contribution in [2.24, 2.45) is 5.92 Å². The Morgan fingerprint density at radius 3 is 2.81 bits per heavy atom. The molecule has 1 saturated carbocycles. The molecule has 0 bridgehead atoms. The van der Waals surface area contributed by atoms with E-state index in [0.717, 1.165) is 55.7 Å². The van der Waals surface area contributed by atoms with Gasteiger partial charge in [0.05, 0.1) is 29.7 Å². The van der Waals surface area contributed by atoms with E-state index in [0.29, 0.717) is 5.92 Å². The Morgan fingerprint density at radius 1 is 1.11 bits per heavy atom. The van der Waals surface area contributed by atoms with Crippen LogP contribution < -0.4 is 5.56 Å². The Bertz CT molecular complexity index is 991. The highest BCUT2D eigenvalue weighted by molar-refractivity contribution is 5.77. The summed E-state index contributed by atoms with van der Waals surface area (Å²) >= 11 is 0. The summed E-state index contributed by atoms with van der Waals surface area (Å²) in [6, 6.07) is 7.93. The van der Waals surface area contributed by atoms with Crippen molar-refractivity contribution in [3.05, 3.63) is 52.8 Å². The van der Waals surface area contributed by atoms with E-state index in [4.69, 9.17) is 4.98 Å². The number of hydrogen-bond donors (Lipinski definition) is 0. The van der Waals surface area contributed by atoms with Gasteiger partial charge in [-0.05, 0) is 50.3 Å². The molecule has 3 aromatic rings. The van der Waals surface area contributed by atoms with Gasteiger partial charge in [0.25, 0.3) is 5.56 Å². The maximum atomic E-state index is 13.2. The lowest BCUT2D eigenvalue weighted by Crippen LogP contribution is -2.34. The van der Waals surface area contributed by atoms with E-state index < -0.39 is 0 Å². The Balaban J connectivity index is 1.50. The van der Waals surface area contributed by atoms with Crippen molar-refractivity contribution in [3.8, 4) is 0 Å². The monoisotopic (exact) mass is 364 g/mol. The fourth-order valence-electron chi connectivity index (χ4n) is 4.14. The number of rotatable bonds is 6. The molecule has 1 aliphatic carbocycles. The number of benzene rings is 1. The number of likely N-dealkylation sites (tertiary alicyclic amines) is 1. The molecule has 2 fully saturated rings. The largest absolute Gasteiger partial charge is 0.295 e. The lowest BCUT2D eigenvalue weighted by atomic mass is 10.1. The van der Waals surface area contributed by atoms with Gasteiger partial charge in [0, 0.05) is 19.3 Å². The molecule has 7 heteroatoms. The summed E-state index contributed by atoms with van der Waals surface area (Å²) in [4.78, 5) is 20.6. The van der Waals surface area contributed by atoms with Crippen LogP contribution in [0.3, 0.4) is 0 Å². The second kappa shape index (κ2) is 6.88. The molecule has 140 valence electrons. The number of hydrogen-bond acceptors (Lipinski definition) is 5. The summed E-state index contributed by atoms with van der Waals surface area (Å²) in [5.41, 5.74) is 0.929. The van der Waals surface area contributed by atoms with Crippen molar-refractivity contribution >= 4 is 10.9 Å². The van der Waals surface area contributed by atoms with Crippen molar-refractivity contribution in [1.82, 2.24) is 29.4 Å². The molecule has 0 amide bonds. The third-order valence-electron chi connectivity index (χ3n) is 5.78. The van der Waals surface area contributed by atoms with Gasteiger partial charge >= 0.3 is 0 Å². The van der Waals surface area contributed by atoms with E-state index in [1.165, 1.54) is 12.8 Å². The molecule has 2 aliphatic rings. The molecule has 1 aromatic carbocycles. The number of para-hydroxylation sites is 1. The van der Waals surface area contributed by atoms with Crippen LogP contribution in [0.25, 0.3) is 10.9 Å². The molecular weight excluding hydrogens is 340 g/mol. The van der Waals surface area contributed by atoms with Crippen molar-refractivity contribution in [2.45, 2.75) is 44.8 Å². The second-order valence-corrected chi connectivity index (χ2v) is 7.71. The van der Waals surface area contributed by atoms with E-state index in [1.807, 2.05) is 39.7 Å². The third-order valence-corrected chi connectivity index (χ3v) is 5.78. The zero-order chi connectivity index (χ0) is 18.2. The van der Waals surface area contributed by atoms with E-state index in [1.54, 1.807) is 6.20 Å². The van der Waals surface area contributed by atoms with Gasteiger partial charge < -0.3 is 0 Å². The minimum absolute atomic E-state index is 0.116. The fraction of sp³-hybridized carbons (Fsp3) is 0.500. The van der Waals surface area contributed by atoms with Crippen LogP contribution in [0.2, 0.25) is 0 Å². The molecule has 0 N–H and O–H groups in total.